The van der Waals surface area contributed by atoms with E-state index < -0.39 is 0 Å². The first-order valence-electron chi connectivity index (χ1n) is 6.27. The average Bonchev–Trinajstić information content (AvgIpc) is 2.31. The minimum Gasteiger partial charge on any atom is -0.350 e. The highest BCUT2D eigenvalue weighted by molar-refractivity contribution is 5.80. The molecule has 1 atom stereocenters. The number of rotatable bonds is 0. The molecule has 3 aliphatic heterocycles. The van der Waals surface area contributed by atoms with Crippen LogP contribution in [0.3, 0.4) is 0 Å². The Morgan fingerprint density at radius 1 is 1.47 bits per heavy atom. The smallest absolute Gasteiger partial charge is 0.168 e. The number of allylic oxidation sites excluding steroid dienone is 3. The Morgan fingerprint density at radius 3 is 3.00 bits per heavy atom. The Labute approximate surface area is 101 Å². The van der Waals surface area contributed by atoms with Gasteiger partial charge in [-0.15, -0.1) is 0 Å². The maximum Gasteiger partial charge on any atom is 0.168 e. The highest BCUT2D eigenvalue weighted by Crippen LogP contribution is 2.30. The van der Waals surface area contributed by atoms with Crippen molar-refractivity contribution >= 4 is 12.2 Å². The predicted octanol–water partition coefficient (Wildman–Crippen LogP) is 1.50. The molecule has 0 bridgehead atoms. The van der Waals surface area contributed by atoms with Crippen molar-refractivity contribution in [3.8, 4) is 0 Å². The van der Waals surface area contributed by atoms with Crippen molar-refractivity contribution in [2.24, 2.45) is 0 Å². The van der Waals surface area contributed by atoms with Gasteiger partial charge in [0.25, 0.3) is 0 Å². The van der Waals surface area contributed by atoms with Crippen LogP contribution in [0.1, 0.15) is 25.7 Å². The Morgan fingerprint density at radius 2 is 2.35 bits per heavy atom. The van der Waals surface area contributed by atoms with Crippen LogP contribution < -0.4 is 0 Å². The summed E-state index contributed by atoms with van der Waals surface area (Å²) < 4.78 is 2.40. The molecule has 3 heterocycles. The SMILES string of the molecule is CN1C=CCC(=C=O)C1=C1C=[N+]2CCC2CC1. The first-order valence-corrected chi connectivity index (χ1v) is 6.27. The van der Waals surface area contributed by atoms with Crippen molar-refractivity contribution in [3.63, 3.8) is 0 Å². The molecule has 3 rings (SSSR count). The van der Waals surface area contributed by atoms with Crippen LogP contribution in [0.5, 0.6) is 0 Å². The fourth-order valence-electron chi connectivity index (χ4n) is 2.93. The lowest BCUT2D eigenvalue weighted by molar-refractivity contribution is -0.624. The van der Waals surface area contributed by atoms with E-state index in [1.54, 1.807) is 0 Å². The molecule has 3 heteroatoms. The van der Waals surface area contributed by atoms with Crippen molar-refractivity contribution < 1.29 is 9.37 Å². The third kappa shape index (κ3) is 1.67. The fourth-order valence-corrected chi connectivity index (χ4v) is 2.93. The van der Waals surface area contributed by atoms with Gasteiger partial charge in [-0.2, -0.15) is 0 Å². The third-order valence-corrected chi connectivity index (χ3v) is 3.98. The molecule has 0 aliphatic carbocycles. The molecule has 17 heavy (non-hydrogen) atoms. The van der Waals surface area contributed by atoms with E-state index in [-0.39, 0.29) is 0 Å². The van der Waals surface area contributed by atoms with Crippen molar-refractivity contribution in [3.05, 3.63) is 29.1 Å². The summed E-state index contributed by atoms with van der Waals surface area (Å²) in [7, 11) is 2.01. The zero-order valence-corrected chi connectivity index (χ0v) is 10.1. The van der Waals surface area contributed by atoms with Gasteiger partial charge >= 0.3 is 0 Å². The lowest BCUT2D eigenvalue weighted by atomic mass is 9.90. The van der Waals surface area contributed by atoms with Crippen molar-refractivity contribution in [2.45, 2.75) is 31.7 Å². The number of hydrogen-bond donors (Lipinski definition) is 0. The predicted molar refractivity (Wildman–Crippen MR) is 66.6 cm³/mol. The normalized spacial score (nSPS) is 31.6. The molecule has 0 radical (unpaired) electrons. The second kappa shape index (κ2) is 4.01. The summed E-state index contributed by atoms with van der Waals surface area (Å²) >= 11 is 0. The van der Waals surface area contributed by atoms with Crippen LogP contribution in [0.25, 0.3) is 0 Å². The molecule has 0 saturated carbocycles. The number of carbonyl (C=O) groups excluding carboxylic acids is 1. The number of likely N-dealkylation sites (N-methyl/N-ethyl adjacent to an activating group) is 1. The molecule has 3 nitrogen and oxygen atoms in total. The van der Waals surface area contributed by atoms with E-state index in [1.807, 2.05) is 19.3 Å². The van der Waals surface area contributed by atoms with E-state index in [0.717, 1.165) is 23.7 Å². The quantitative estimate of drug-likeness (QED) is 0.464. The van der Waals surface area contributed by atoms with Gasteiger partial charge in [0.1, 0.15) is 12.5 Å². The van der Waals surface area contributed by atoms with Crippen LogP contribution in [0.2, 0.25) is 0 Å². The summed E-state index contributed by atoms with van der Waals surface area (Å²) in [6.07, 6.45) is 10.6. The maximum absolute atomic E-state index is 11.0. The molecule has 0 aromatic heterocycles. The average molecular weight is 229 g/mol. The molecular weight excluding hydrogens is 212 g/mol. The second-order valence-corrected chi connectivity index (χ2v) is 5.00. The van der Waals surface area contributed by atoms with Gasteiger partial charge in [-0.25, -0.2) is 9.37 Å². The maximum atomic E-state index is 11.0. The molecule has 88 valence electrons. The summed E-state index contributed by atoms with van der Waals surface area (Å²) in [5.74, 6) is 2.10. The van der Waals surface area contributed by atoms with E-state index in [1.165, 1.54) is 25.0 Å². The summed E-state index contributed by atoms with van der Waals surface area (Å²) in [5.41, 5.74) is 3.17. The van der Waals surface area contributed by atoms with E-state index in [2.05, 4.69) is 21.6 Å². The van der Waals surface area contributed by atoms with Crippen LogP contribution in [0, 0.1) is 0 Å². The molecule has 1 saturated heterocycles. The summed E-state index contributed by atoms with van der Waals surface area (Å²) in [6, 6.07) is 0.757. The van der Waals surface area contributed by atoms with Gasteiger partial charge in [0.15, 0.2) is 12.3 Å². The molecule has 1 fully saturated rings. The molecule has 0 spiro atoms. The van der Waals surface area contributed by atoms with Crippen LogP contribution in [0.15, 0.2) is 29.1 Å². The highest BCUT2D eigenvalue weighted by atomic mass is 16.1. The van der Waals surface area contributed by atoms with Crippen LogP contribution in [0.4, 0.5) is 0 Å². The first-order chi connectivity index (χ1) is 8.29. The molecular formula is C14H17N2O+. The zero-order valence-electron chi connectivity index (χ0n) is 10.1. The second-order valence-electron chi connectivity index (χ2n) is 5.00. The fraction of sp³-hybridized carbons (Fsp3) is 0.500. The van der Waals surface area contributed by atoms with Crippen molar-refractivity contribution in [1.82, 2.24) is 4.90 Å². The molecule has 0 N–H and O–H groups in total. The van der Waals surface area contributed by atoms with Crippen molar-refractivity contribution in [1.29, 1.82) is 0 Å². The molecule has 0 aromatic carbocycles. The minimum atomic E-state index is 0.712. The van der Waals surface area contributed by atoms with Crippen LogP contribution in [-0.4, -0.2) is 41.3 Å². The minimum absolute atomic E-state index is 0.712. The number of nitrogens with zero attached hydrogens (tertiary/aromatic N) is 2. The molecule has 0 aromatic rings. The van der Waals surface area contributed by atoms with Crippen LogP contribution >= 0.6 is 0 Å². The van der Waals surface area contributed by atoms with Gasteiger partial charge in [-0.05, 0) is 6.42 Å². The first kappa shape index (κ1) is 10.5. The highest BCUT2D eigenvalue weighted by Gasteiger charge is 2.36. The molecule has 3 aliphatic rings. The topological polar surface area (TPSA) is 23.3 Å². The van der Waals surface area contributed by atoms with Gasteiger partial charge in [0.2, 0.25) is 0 Å². The van der Waals surface area contributed by atoms with E-state index in [4.69, 9.17) is 0 Å². The Kier molecular flexibility index (Phi) is 2.49. The van der Waals surface area contributed by atoms with Crippen molar-refractivity contribution in [2.75, 3.05) is 13.6 Å². The lowest BCUT2D eigenvalue weighted by Gasteiger charge is -2.31. The van der Waals surface area contributed by atoms with E-state index >= 15 is 0 Å². The number of hydrogen-bond acceptors (Lipinski definition) is 2. The monoisotopic (exact) mass is 229 g/mol. The third-order valence-electron chi connectivity index (χ3n) is 3.98. The number of fused-ring (bicyclic) bond motifs is 1. The Bertz CT molecular complexity index is 492. The lowest BCUT2D eigenvalue weighted by Crippen LogP contribution is -2.43. The van der Waals surface area contributed by atoms with Gasteiger partial charge in [0.05, 0.1) is 17.7 Å². The Balaban J connectivity index is 2.06. The van der Waals surface area contributed by atoms with Gasteiger partial charge in [-0.1, -0.05) is 6.08 Å². The zero-order chi connectivity index (χ0) is 11.8. The molecule has 0 amide bonds. The summed E-state index contributed by atoms with van der Waals surface area (Å²) in [4.78, 5) is 13.1. The summed E-state index contributed by atoms with van der Waals surface area (Å²) in [6.45, 7) is 1.17. The summed E-state index contributed by atoms with van der Waals surface area (Å²) in [5, 5.41) is 0. The van der Waals surface area contributed by atoms with Crippen LogP contribution in [-0.2, 0) is 4.79 Å². The van der Waals surface area contributed by atoms with E-state index in [0.29, 0.717) is 6.42 Å². The van der Waals surface area contributed by atoms with E-state index in [9.17, 15) is 4.79 Å². The van der Waals surface area contributed by atoms with Gasteiger partial charge in [0, 0.05) is 31.7 Å². The van der Waals surface area contributed by atoms with Gasteiger partial charge in [-0.3, -0.25) is 0 Å². The molecule has 1 unspecified atom stereocenters. The van der Waals surface area contributed by atoms with Gasteiger partial charge < -0.3 is 4.90 Å². The Hall–Kier alpha value is -1.60. The largest absolute Gasteiger partial charge is 0.350 e. The standard InChI is InChI=1S/C14H17N2O/c1-15-7-2-3-12(10-17)14(15)11-4-5-13-6-8-16(13)9-11/h2,7,9,13H,3-6,8H2,1H3/q+1.